The van der Waals surface area contributed by atoms with E-state index < -0.39 is 0 Å². The third-order valence-electron chi connectivity index (χ3n) is 12.9. The second kappa shape index (κ2) is 15.4. The molecule has 0 fully saturated rings. The Bertz CT molecular complexity index is 3950. The first kappa shape index (κ1) is 37.6. The van der Waals surface area contributed by atoms with Crippen molar-refractivity contribution in [3.05, 3.63) is 231 Å². The molecule has 5 nitrogen and oxygen atoms in total. The van der Waals surface area contributed by atoms with Crippen molar-refractivity contribution in [1.82, 2.24) is 19.5 Å². The van der Waals surface area contributed by atoms with Crippen LogP contribution < -0.4 is 0 Å². The van der Waals surface area contributed by atoms with Gasteiger partial charge in [-0.3, -0.25) is 0 Å². The molecule has 0 N–H and O–H groups in total. The topological polar surface area (TPSA) is 56.7 Å². The van der Waals surface area contributed by atoms with Gasteiger partial charge in [-0.1, -0.05) is 182 Å². The Morgan fingerprint density at radius 3 is 1.42 bits per heavy atom. The first-order chi connectivity index (χ1) is 32.7. The molecular formula is C61H38N4O. The largest absolute Gasteiger partial charge is 0.456 e. The average Bonchev–Trinajstić information content (AvgIpc) is 3.94. The van der Waals surface area contributed by atoms with Gasteiger partial charge in [-0.15, -0.1) is 0 Å². The van der Waals surface area contributed by atoms with Crippen LogP contribution in [0, 0.1) is 0 Å². The minimum absolute atomic E-state index is 0.579. The summed E-state index contributed by atoms with van der Waals surface area (Å²) in [7, 11) is 0. The van der Waals surface area contributed by atoms with E-state index in [0.717, 1.165) is 66.5 Å². The number of fused-ring (bicyclic) bond motifs is 8. The monoisotopic (exact) mass is 842 g/mol. The van der Waals surface area contributed by atoms with Crippen molar-refractivity contribution in [3.63, 3.8) is 0 Å². The molecule has 10 aromatic carbocycles. The molecule has 0 radical (unpaired) electrons. The van der Waals surface area contributed by atoms with Crippen LogP contribution in [-0.2, 0) is 0 Å². The summed E-state index contributed by atoms with van der Waals surface area (Å²) in [6.07, 6.45) is 0. The summed E-state index contributed by atoms with van der Waals surface area (Å²) in [4.78, 5) is 15.1. The van der Waals surface area contributed by atoms with Gasteiger partial charge in [0.1, 0.15) is 11.2 Å². The Morgan fingerprint density at radius 1 is 0.288 bits per heavy atom. The predicted molar refractivity (Wildman–Crippen MR) is 272 cm³/mol. The molecule has 0 spiro atoms. The molecule has 0 atom stereocenters. The Morgan fingerprint density at radius 2 is 0.758 bits per heavy atom. The molecule has 0 bridgehead atoms. The van der Waals surface area contributed by atoms with Gasteiger partial charge >= 0.3 is 0 Å². The van der Waals surface area contributed by atoms with Crippen LogP contribution in [0.1, 0.15) is 0 Å². The molecule has 0 aliphatic rings. The maximum atomic E-state index is 6.82. The minimum Gasteiger partial charge on any atom is -0.456 e. The normalized spacial score (nSPS) is 11.6. The van der Waals surface area contributed by atoms with Gasteiger partial charge in [0.15, 0.2) is 17.5 Å². The van der Waals surface area contributed by atoms with Crippen molar-refractivity contribution in [3.8, 4) is 73.2 Å². The van der Waals surface area contributed by atoms with Crippen molar-refractivity contribution in [2.24, 2.45) is 0 Å². The Balaban J connectivity index is 0.964. The summed E-state index contributed by atoms with van der Waals surface area (Å²) >= 11 is 0. The maximum Gasteiger partial charge on any atom is 0.164 e. The molecule has 0 aliphatic heterocycles. The lowest BCUT2D eigenvalue weighted by Crippen LogP contribution is -2.00. The molecule has 308 valence electrons. The Hall–Kier alpha value is -8.93. The van der Waals surface area contributed by atoms with Crippen molar-refractivity contribution in [2.75, 3.05) is 0 Å². The quantitative estimate of drug-likeness (QED) is 0.160. The minimum atomic E-state index is 0.579. The van der Waals surface area contributed by atoms with Crippen LogP contribution in [0.4, 0.5) is 0 Å². The van der Waals surface area contributed by atoms with E-state index in [4.69, 9.17) is 19.4 Å². The van der Waals surface area contributed by atoms with Crippen LogP contribution >= 0.6 is 0 Å². The third-order valence-corrected chi connectivity index (χ3v) is 12.9. The van der Waals surface area contributed by atoms with Crippen LogP contribution in [0.25, 0.3) is 128 Å². The van der Waals surface area contributed by atoms with E-state index in [1.807, 2.05) is 36.4 Å². The van der Waals surface area contributed by atoms with Crippen LogP contribution in [0.5, 0.6) is 0 Å². The van der Waals surface area contributed by atoms with E-state index in [-0.39, 0.29) is 0 Å². The lowest BCUT2D eigenvalue weighted by molar-refractivity contribution is 0.668. The van der Waals surface area contributed by atoms with Crippen LogP contribution in [0.15, 0.2) is 235 Å². The zero-order valence-electron chi connectivity index (χ0n) is 35.6. The smallest absolute Gasteiger partial charge is 0.164 e. The zero-order chi connectivity index (χ0) is 43.6. The second-order valence-corrected chi connectivity index (χ2v) is 16.8. The van der Waals surface area contributed by atoms with E-state index >= 15 is 0 Å². The number of rotatable bonds is 7. The summed E-state index contributed by atoms with van der Waals surface area (Å²) in [6, 6.07) is 81.1. The highest BCUT2D eigenvalue weighted by Crippen LogP contribution is 2.43. The van der Waals surface area contributed by atoms with Gasteiger partial charge in [0.05, 0.1) is 11.0 Å². The second-order valence-electron chi connectivity index (χ2n) is 16.8. The molecule has 0 amide bonds. The molecular weight excluding hydrogens is 805 g/mol. The molecule has 0 aliphatic carbocycles. The van der Waals surface area contributed by atoms with Gasteiger partial charge in [-0.2, -0.15) is 0 Å². The number of hydrogen-bond donors (Lipinski definition) is 0. The predicted octanol–water partition coefficient (Wildman–Crippen LogP) is 16.0. The van der Waals surface area contributed by atoms with E-state index in [1.165, 1.54) is 43.8 Å². The average molecular weight is 843 g/mol. The summed E-state index contributed by atoms with van der Waals surface area (Å²) in [6.45, 7) is 0. The Kier molecular flexibility index (Phi) is 8.78. The fourth-order valence-electron chi connectivity index (χ4n) is 9.66. The lowest BCUT2D eigenvalue weighted by Gasteiger charge is -2.12. The molecule has 0 saturated heterocycles. The van der Waals surface area contributed by atoms with Crippen molar-refractivity contribution < 1.29 is 4.42 Å². The fraction of sp³-hybridized carbons (Fsp3) is 0. The van der Waals surface area contributed by atoms with Gasteiger partial charge in [-0.05, 0) is 86.6 Å². The molecule has 0 saturated carbocycles. The Labute approximate surface area is 380 Å². The van der Waals surface area contributed by atoms with Gasteiger partial charge < -0.3 is 8.98 Å². The first-order valence-corrected chi connectivity index (χ1v) is 22.3. The van der Waals surface area contributed by atoms with Gasteiger partial charge in [0.2, 0.25) is 0 Å². The summed E-state index contributed by atoms with van der Waals surface area (Å²) in [5.41, 5.74) is 14.6. The summed E-state index contributed by atoms with van der Waals surface area (Å²) in [5, 5.41) is 6.96. The van der Waals surface area contributed by atoms with Crippen molar-refractivity contribution in [1.29, 1.82) is 0 Å². The SMILES string of the molecule is c1ccc(-c2ccc(-c3nc(-c4ccccc4)nc(-c4ccc5c(c4)oc4cc(-n6c7ccc(-c8ccccc8)cc7c7c8ccccc8c(-c8ccccc8)cc76)ccc45)n3)cc2)cc1. The van der Waals surface area contributed by atoms with Crippen molar-refractivity contribution in [2.45, 2.75) is 0 Å². The van der Waals surface area contributed by atoms with Crippen LogP contribution in [-0.4, -0.2) is 19.5 Å². The molecule has 66 heavy (non-hydrogen) atoms. The van der Waals surface area contributed by atoms with E-state index in [1.54, 1.807) is 0 Å². The van der Waals surface area contributed by atoms with Crippen LogP contribution in [0.2, 0.25) is 0 Å². The van der Waals surface area contributed by atoms with E-state index in [2.05, 4.69) is 199 Å². The van der Waals surface area contributed by atoms with Gasteiger partial charge in [0.25, 0.3) is 0 Å². The van der Waals surface area contributed by atoms with Gasteiger partial charge in [-0.25, -0.2) is 15.0 Å². The summed E-state index contributed by atoms with van der Waals surface area (Å²) in [5.74, 6) is 1.80. The lowest BCUT2D eigenvalue weighted by atomic mass is 9.94. The highest BCUT2D eigenvalue weighted by atomic mass is 16.3. The van der Waals surface area contributed by atoms with Gasteiger partial charge in [0, 0.05) is 50.0 Å². The first-order valence-electron chi connectivity index (χ1n) is 22.3. The highest BCUT2D eigenvalue weighted by molar-refractivity contribution is 6.25. The molecule has 3 aromatic heterocycles. The molecule has 13 rings (SSSR count). The molecule has 5 heteroatoms. The summed E-state index contributed by atoms with van der Waals surface area (Å²) < 4.78 is 9.22. The molecule has 13 aromatic rings. The number of nitrogens with zero attached hydrogens (tertiary/aromatic N) is 4. The highest BCUT2D eigenvalue weighted by Gasteiger charge is 2.21. The zero-order valence-corrected chi connectivity index (χ0v) is 35.6. The third kappa shape index (κ3) is 6.36. The van der Waals surface area contributed by atoms with E-state index in [9.17, 15) is 0 Å². The number of aromatic nitrogens is 4. The number of benzene rings is 10. The maximum absolute atomic E-state index is 6.82. The molecule has 3 heterocycles. The van der Waals surface area contributed by atoms with Crippen molar-refractivity contribution >= 4 is 54.5 Å². The number of hydrogen-bond acceptors (Lipinski definition) is 4. The standard InChI is InChI=1S/C61H38N4O/c1-5-15-39(16-6-1)41-25-27-44(28-26-41)60-62-59(43-21-11-4-12-22-43)63-61(64-60)46-29-32-49-50-33-31-47(37-57(50)66-56(49)36-46)65-54-34-30-45(40-17-7-2-8-18-40)35-53(54)58-51-24-14-13-23-48(51)52(38-55(58)65)42-19-9-3-10-20-42/h1-38H. The molecule has 0 unspecified atom stereocenters. The van der Waals surface area contributed by atoms with E-state index in [0.29, 0.717) is 17.5 Å². The number of furan rings is 1. The fourth-order valence-corrected chi connectivity index (χ4v) is 9.66. The van der Waals surface area contributed by atoms with Crippen LogP contribution in [0.3, 0.4) is 0 Å².